The number of ketones is 2. The Balaban J connectivity index is 2.20. The molecule has 2 rings (SSSR count). The lowest BCUT2D eigenvalue weighted by Gasteiger charge is -2.20. The summed E-state index contributed by atoms with van der Waals surface area (Å²) in [6.45, 7) is 2.41. The van der Waals surface area contributed by atoms with Crippen molar-refractivity contribution in [3.63, 3.8) is 0 Å². The molecule has 0 aromatic heterocycles. The van der Waals surface area contributed by atoms with Gasteiger partial charge < -0.3 is 4.74 Å². The zero-order valence-electron chi connectivity index (χ0n) is 12.8. The minimum absolute atomic E-state index is 0.0243. The third-order valence-electron chi connectivity index (χ3n) is 3.57. The number of fused-ring (bicyclic) bond motifs is 1. The lowest BCUT2D eigenvalue weighted by molar-refractivity contribution is -0.385. The Hall–Kier alpha value is -1.04. The van der Waals surface area contributed by atoms with Crippen molar-refractivity contribution in [2.24, 2.45) is 0 Å². The SMILES string of the molecule is CCCC(I)C(I)COC1=CC(=O)c2c(cccc2[N+](=O)[O-])C1=O. The van der Waals surface area contributed by atoms with Crippen LogP contribution in [0.2, 0.25) is 0 Å². The van der Waals surface area contributed by atoms with Gasteiger partial charge in [-0.1, -0.05) is 64.6 Å². The van der Waals surface area contributed by atoms with Crippen LogP contribution in [-0.4, -0.2) is 30.9 Å². The van der Waals surface area contributed by atoms with Crippen LogP contribution >= 0.6 is 45.2 Å². The van der Waals surface area contributed by atoms with Gasteiger partial charge in [0.1, 0.15) is 12.2 Å². The zero-order valence-corrected chi connectivity index (χ0v) is 17.1. The van der Waals surface area contributed by atoms with E-state index >= 15 is 0 Å². The van der Waals surface area contributed by atoms with Gasteiger partial charge in [-0.3, -0.25) is 19.7 Å². The second-order valence-corrected chi connectivity index (χ2v) is 8.49. The Labute approximate surface area is 166 Å². The van der Waals surface area contributed by atoms with Crippen LogP contribution in [0.15, 0.2) is 30.0 Å². The molecule has 0 bridgehead atoms. The summed E-state index contributed by atoms with van der Waals surface area (Å²) in [4.78, 5) is 35.1. The second kappa shape index (κ2) is 8.37. The third-order valence-corrected chi connectivity index (χ3v) is 7.67. The van der Waals surface area contributed by atoms with Gasteiger partial charge >= 0.3 is 0 Å². The van der Waals surface area contributed by atoms with Crippen LogP contribution in [0.25, 0.3) is 0 Å². The monoisotopic (exact) mass is 555 g/mol. The highest BCUT2D eigenvalue weighted by Gasteiger charge is 2.33. The molecule has 1 aromatic rings. The van der Waals surface area contributed by atoms with Crippen LogP contribution in [0.1, 0.15) is 40.5 Å². The molecule has 0 fully saturated rings. The van der Waals surface area contributed by atoms with Gasteiger partial charge in [0.15, 0.2) is 11.5 Å². The fourth-order valence-electron chi connectivity index (χ4n) is 2.37. The number of hydrogen-bond donors (Lipinski definition) is 0. The number of benzene rings is 1. The van der Waals surface area contributed by atoms with Gasteiger partial charge in [0, 0.05) is 21.6 Å². The number of rotatable bonds is 7. The van der Waals surface area contributed by atoms with Gasteiger partial charge in [-0.25, -0.2) is 0 Å². The molecule has 0 saturated carbocycles. The summed E-state index contributed by atoms with van der Waals surface area (Å²) < 4.78 is 6.15. The van der Waals surface area contributed by atoms with Crippen molar-refractivity contribution in [1.29, 1.82) is 0 Å². The first kappa shape index (κ1) is 19.3. The number of hydrogen-bond acceptors (Lipinski definition) is 5. The maximum atomic E-state index is 12.5. The molecule has 0 aliphatic heterocycles. The van der Waals surface area contributed by atoms with Crippen LogP contribution in [0.4, 0.5) is 5.69 Å². The molecule has 0 radical (unpaired) electrons. The first-order chi connectivity index (χ1) is 11.4. The highest BCUT2D eigenvalue weighted by molar-refractivity contribution is 14.1. The number of carbonyl (C=O) groups is 2. The highest BCUT2D eigenvalue weighted by atomic mass is 127. The van der Waals surface area contributed by atoms with E-state index in [1.165, 1.54) is 18.2 Å². The van der Waals surface area contributed by atoms with Crippen molar-refractivity contribution in [3.05, 3.63) is 51.3 Å². The molecule has 1 aromatic carbocycles. The van der Waals surface area contributed by atoms with Crippen molar-refractivity contribution >= 4 is 62.4 Å². The number of Topliss-reactive ketones (excluding diaryl/α,β-unsaturated/α-hetero) is 1. The third kappa shape index (κ3) is 4.13. The lowest BCUT2D eigenvalue weighted by atomic mass is 9.92. The molecule has 0 saturated heterocycles. The van der Waals surface area contributed by atoms with Gasteiger partial charge in [-0.2, -0.15) is 0 Å². The maximum Gasteiger partial charge on any atom is 0.281 e. The van der Waals surface area contributed by atoms with Crippen molar-refractivity contribution in [2.75, 3.05) is 6.61 Å². The Bertz CT molecular complexity index is 716. The molecule has 2 atom stereocenters. The lowest BCUT2D eigenvalue weighted by Crippen LogP contribution is -2.24. The number of alkyl halides is 2. The molecular formula is C16H15I2NO5. The molecule has 0 N–H and O–H groups in total. The summed E-state index contributed by atoms with van der Waals surface area (Å²) in [5, 5.41) is 11.0. The van der Waals surface area contributed by atoms with E-state index < -0.39 is 16.5 Å². The quantitative estimate of drug-likeness (QED) is 0.217. The van der Waals surface area contributed by atoms with Crippen LogP contribution < -0.4 is 0 Å². The summed E-state index contributed by atoms with van der Waals surface area (Å²) in [6, 6.07) is 4.03. The van der Waals surface area contributed by atoms with Gasteiger partial charge in [0.2, 0.25) is 5.78 Å². The van der Waals surface area contributed by atoms with E-state index in [0.717, 1.165) is 18.9 Å². The normalized spacial score (nSPS) is 16.2. The maximum absolute atomic E-state index is 12.5. The molecule has 6 nitrogen and oxygen atoms in total. The minimum Gasteiger partial charge on any atom is -0.488 e. The number of carbonyl (C=O) groups excluding carboxylic acids is 2. The van der Waals surface area contributed by atoms with Gasteiger partial charge in [-0.15, -0.1) is 0 Å². The molecule has 0 spiro atoms. The number of allylic oxidation sites excluding steroid dienone is 2. The zero-order chi connectivity index (χ0) is 17.9. The van der Waals surface area contributed by atoms with E-state index in [1.807, 2.05) is 0 Å². The van der Waals surface area contributed by atoms with E-state index in [9.17, 15) is 19.7 Å². The molecule has 0 heterocycles. The molecule has 1 aliphatic carbocycles. The molecule has 1 aliphatic rings. The van der Waals surface area contributed by atoms with Crippen molar-refractivity contribution in [3.8, 4) is 0 Å². The first-order valence-corrected chi connectivity index (χ1v) is 9.85. The van der Waals surface area contributed by atoms with E-state index in [1.54, 1.807) is 0 Å². The predicted molar refractivity (Wildman–Crippen MR) is 106 cm³/mol. The topological polar surface area (TPSA) is 86.5 Å². The van der Waals surface area contributed by atoms with Gasteiger partial charge in [-0.05, 0) is 12.5 Å². The Morgan fingerprint density at radius 2 is 1.96 bits per heavy atom. The van der Waals surface area contributed by atoms with Crippen LogP contribution in [0.5, 0.6) is 0 Å². The molecular weight excluding hydrogens is 540 g/mol. The smallest absolute Gasteiger partial charge is 0.281 e. The van der Waals surface area contributed by atoms with Crippen LogP contribution in [0.3, 0.4) is 0 Å². The molecule has 8 heteroatoms. The van der Waals surface area contributed by atoms with Crippen molar-refractivity contribution in [2.45, 2.75) is 27.6 Å². The Morgan fingerprint density at radius 3 is 2.58 bits per heavy atom. The van der Waals surface area contributed by atoms with E-state index in [-0.39, 0.29) is 26.5 Å². The molecule has 24 heavy (non-hydrogen) atoms. The van der Waals surface area contributed by atoms with E-state index in [2.05, 4.69) is 52.1 Å². The summed E-state index contributed by atoms with van der Waals surface area (Å²) in [6.07, 6.45) is 3.16. The average molecular weight is 555 g/mol. The predicted octanol–water partition coefficient (Wildman–Crippen LogP) is 4.28. The summed E-state index contributed by atoms with van der Waals surface area (Å²) >= 11 is 4.62. The number of halogens is 2. The number of nitro groups is 1. The number of nitro benzene ring substituents is 1. The largest absolute Gasteiger partial charge is 0.488 e. The van der Waals surface area contributed by atoms with Crippen LogP contribution in [0, 0.1) is 10.1 Å². The Kier molecular flexibility index (Phi) is 6.72. The highest BCUT2D eigenvalue weighted by Crippen LogP contribution is 2.30. The Morgan fingerprint density at radius 1 is 1.25 bits per heavy atom. The van der Waals surface area contributed by atoms with Gasteiger partial charge in [0.25, 0.3) is 5.69 Å². The minimum atomic E-state index is -0.657. The number of ether oxygens (including phenoxy) is 1. The number of nitrogens with zero attached hydrogens (tertiary/aromatic N) is 1. The standard InChI is InChI=1S/C16H15I2NO5/c1-2-4-10(17)11(18)8-24-14-7-13(20)15-9(16(14)21)5-3-6-12(15)19(22)23/h3,5-7,10-11H,2,4,8H2,1H3. The second-order valence-electron chi connectivity index (χ2n) is 5.29. The molecule has 128 valence electrons. The molecule has 2 unspecified atom stereocenters. The molecule has 0 amide bonds. The average Bonchev–Trinajstić information content (AvgIpc) is 2.56. The van der Waals surface area contributed by atoms with Crippen LogP contribution in [-0.2, 0) is 4.74 Å². The summed E-state index contributed by atoms with van der Waals surface area (Å²) in [5.74, 6) is -1.11. The first-order valence-electron chi connectivity index (χ1n) is 7.35. The fourth-order valence-corrected chi connectivity index (χ4v) is 3.74. The van der Waals surface area contributed by atoms with E-state index in [0.29, 0.717) is 10.5 Å². The van der Waals surface area contributed by atoms with Gasteiger partial charge in [0.05, 0.1) is 8.85 Å². The summed E-state index contributed by atoms with van der Waals surface area (Å²) in [5.41, 5.74) is -0.497. The van der Waals surface area contributed by atoms with Crippen molar-refractivity contribution < 1.29 is 19.2 Å². The van der Waals surface area contributed by atoms with Crippen molar-refractivity contribution in [1.82, 2.24) is 0 Å². The van der Waals surface area contributed by atoms with E-state index in [4.69, 9.17) is 4.74 Å². The summed E-state index contributed by atoms with van der Waals surface area (Å²) in [7, 11) is 0. The fraction of sp³-hybridized carbons (Fsp3) is 0.375.